The lowest BCUT2D eigenvalue weighted by Crippen LogP contribution is -1.90. The molecule has 0 saturated heterocycles. The number of anilines is 1. The van der Waals surface area contributed by atoms with Crippen LogP contribution < -0.4 is 5.73 Å². The van der Waals surface area contributed by atoms with Crippen molar-refractivity contribution >= 4 is 17.6 Å². The van der Waals surface area contributed by atoms with E-state index in [1.165, 1.54) is 17.8 Å². The third-order valence-corrected chi connectivity index (χ3v) is 2.78. The lowest BCUT2D eigenvalue weighted by Gasteiger charge is -2.02. The fourth-order valence-corrected chi connectivity index (χ4v) is 1.99. The molecule has 0 aliphatic carbocycles. The van der Waals surface area contributed by atoms with Gasteiger partial charge in [-0.05, 0) is 30.3 Å². The fourth-order valence-electron chi connectivity index (χ4n) is 1.15. The number of halogens is 2. The molecule has 2 rings (SSSR count). The molecule has 2 nitrogen and oxygen atoms in total. The maximum atomic E-state index is 12.9. The molecule has 0 fully saturated rings. The van der Waals surface area contributed by atoms with E-state index < -0.39 is 11.6 Å². The Bertz CT molecular complexity index is 517. The first-order chi connectivity index (χ1) is 7.65. The van der Waals surface area contributed by atoms with E-state index in [0.717, 1.165) is 12.1 Å². The first kappa shape index (κ1) is 10.9. The smallest absolute Gasteiger partial charge is 0.159 e. The zero-order valence-electron chi connectivity index (χ0n) is 8.15. The minimum absolute atomic E-state index is 0.396. The molecule has 0 spiro atoms. The highest BCUT2D eigenvalue weighted by Gasteiger charge is 2.04. The first-order valence-electron chi connectivity index (χ1n) is 4.50. The number of benzene rings is 1. The molecule has 0 amide bonds. The molecule has 1 heterocycles. The zero-order chi connectivity index (χ0) is 11.5. The van der Waals surface area contributed by atoms with Gasteiger partial charge in [0.25, 0.3) is 0 Å². The number of nitrogens with two attached hydrogens (primary N) is 1. The van der Waals surface area contributed by atoms with E-state index in [-0.39, 0.29) is 0 Å². The number of hydrogen-bond acceptors (Lipinski definition) is 3. The van der Waals surface area contributed by atoms with Crippen molar-refractivity contribution in [1.82, 2.24) is 4.98 Å². The fraction of sp³-hybridized carbons (Fsp3) is 0. The molecule has 0 atom stereocenters. The predicted molar refractivity (Wildman–Crippen MR) is 59.1 cm³/mol. The van der Waals surface area contributed by atoms with Crippen LogP contribution in [0.5, 0.6) is 0 Å². The van der Waals surface area contributed by atoms with Crippen molar-refractivity contribution < 1.29 is 8.78 Å². The van der Waals surface area contributed by atoms with Gasteiger partial charge in [0, 0.05) is 4.90 Å². The second-order valence-corrected chi connectivity index (χ2v) is 4.17. The molecular formula is C11H8F2N2S. The molecule has 82 valence electrons. The standard InChI is InChI=1S/C11H8F2N2S/c12-8-5-4-7(6-9(8)13)16-11-3-1-2-10(14)15-11/h1-6H,(H2,14,15). The van der Waals surface area contributed by atoms with Crippen molar-refractivity contribution in [3.8, 4) is 0 Å². The Balaban J connectivity index is 2.24. The van der Waals surface area contributed by atoms with Gasteiger partial charge >= 0.3 is 0 Å². The van der Waals surface area contributed by atoms with E-state index in [1.807, 2.05) is 0 Å². The molecule has 2 aromatic rings. The third kappa shape index (κ3) is 2.49. The van der Waals surface area contributed by atoms with Gasteiger partial charge in [0.2, 0.25) is 0 Å². The number of rotatable bonds is 2. The van der Waals surface area contributed by atoms with Gasteiger partial charge in [0.05, 0.1) is 0 Å². The number of nitrogens with zero attached hydrogens (tertiary/aromatic N) is 1. The van der Waals surface area contributed by atoms with E-state index in [9.17, 15) is 8.78 Å². The highest BCUT2D eigenvalue weighted by atomic mass is 32.2. The predicted octanol–water partition coefficient (Wildman–Crippen LogP) is 3.09. The Hall–Kier alpha value is -1.62. The zero-order valence-corrected chi connectivity index (χ0v) is 8.97. The second-order valence-electron chi connectivity index (χ2n) is 3.08. The molecule has 0 aliphatic heterocycles. The third-order valence-electron chi connectivity index (χ3n) is 1.86. The summed E-state index contributed by atoms with van der Waals surface area (Å²) in [6, 6.07) is 8.88. The average molecular weight is 238 g/mol. The van der Waals surface area contributed by atoms with Crippen LogP contribution in [0.25, 0.3) is 0 Å². The van der Waals surface area contributed by atoms with Crippen LogP contribution in [0.15, 0.2) is 46.3 Å². The van der Waals surface area contributed by atoms with E-state index in [4.69, 9.17) is 5.73 Å². The topological polar surface area (TPSA) is 38.9 Å². The van der Waals surface area contributed by atoms with Gasteiger partial charge in [-0.3, -0.25) is 0 Å². The van der Waals surface area contributed by atoms with Crippen molar-refractivity contribution in [2.45, 2.75) is 9.92 Å². The highest BCUT2D eigenvalue weighted by Crippen LogP contribution is 2.27. The van der Waals surface area contributed by atoms with Crippen LogP contribution in [0.2, 0.25) is 0 Å². The minimum atomic E-state index is -0.867. The summed E-state index contributed by atoms with van der Waals surface area (Å²) in [5.41, 5.74) is 5.51. The number of nitrogen functional groups attached to an aromatic ring is 1. The molecule has 0 bridgehead atoms. The first-order valence-corrected chi connectivity index (χ1v) is 5.32. The van der Waals surface area contributed by atoms with Crippen molar-refractivity contribution in [2.24, 2.45) is 0 Å². The Morgan fingerprint density at radius 1 is 1.06 bits per heavy atom. The summed E-state index contributed by atoms with van der Waals surface area (Å²) >= 11 is 1.23. The van der Waals surface area contributed by atoms with Crippen molar-refractivity contribution in [2.75, 3.05) is 5.73 Å². The van der Waals surface area contributed by atoms with Crippen molar-refractivity contribution in [3.05, 3.63) is 48.0 Å². The van der Waals surface area contributed by atoms with E-state index in [1.54, 1.807) is 18.2 Å². The number of aromatic nitrogens is 1. The van der Waals surface area contributed by atoms with Crippen LogP contribution in [0, 0.1) is 11.6 Å². The Morgan fingerprint density at radius 3 is 2.56 bits per heavy atom. The van der Waals surface area contributed by atoms with Crippen LogP contribution >= 0.6 is 11.8 Å². The number of pyridine rings is 1. The lowest BCUT2D eigenvalue weighted by molar-refractivity contribution is 0.506. The SMILES string of the molecule is Nc1cccc(Sc2ccc(F)c(F)c2)n1. The Morgan fingerprint density at radius 2 is 1.88 bits per heavy atom. The highest BCUT2D eigenvalue weighted by molar-refractivity contribution is 7.99. The molecule has 0 saturated carbocycles. The summed E-state index contributed by atoms with van der Waals surface area (Å²) in [4.78, 5) is 4.63. The van der Waals surface area contributed by atoms with Gasteiger partial charge in [0.1, 0.15) is 10.8 Å². The molecule has 1 aromatic heterocycles. The molecule has 2 N–H and O–H groups in total. The van der Waals surface area contributed by atoms with E-state index in [2.05, 4.69) is 4.98 Å². The summed E-state index contributed by atoms with van der Waals surface area (Å²) in [5.74, 6) is -1.33. The van der Waals surface area contributed by atoms with Crippen LogP contribution in [-0.4, -0.2) is 4.98 Å². The molecule has 16 heavy (non-hydrogen) atoms. The minimum Gasteiger partial charge on any atom is -0.384 e. The summed E-state index contributed by atoms with van der Waals surface area (Å²) in [5, 5.41) is 0.644. The van der Waals surface area contributed by atoms with Gasteiger partial charge in [-0.1, -0.05) is 17.8 Å². The number of hydrogen-bond donors (Lipinski definition) is 1. The van der Waals surface area contributed by atoms with E-state index in [0.29, 0.717) is 15.7 Å². The van der Waals surface area contributed by atoms with Crippen LogP contribution in [-0.2, 0) is 0 Å². The Kier molecular flexibility index (Phi) is 3.05. The second kappa shape index (κ2) is 4.49. The van der Waals surface area contributed by atoms with Gasteiger partial charge in [-0.15, -0.1) is 0 Å². The maximum Gasteiger partial charge on any atom is 0.159 e. The lowest BCUT2D eigenvalue weighted by atomic mass is 10.3. The van der Waals surface area contributed by atoms with Crippen LogP contribution in [0.3, 0.4) is 0 Å². The summed E-state index contributed by atoms with van der Waals surface area (Å²) in [6.45, 7) is 0. The van der Waals surface area contributed by atoms with Crippen molar-refractivity contribution in [3.63, 3.8) is 0 Å². The van der Waals surface area contributed by atoms with Gasteiger partial charge in [0.15, 0.2) is 11.6 Å². The molecule has 0 aliphatic rings. The quantitative estimate of drug-likeness (QED) is 0.873. The van der Waals surface area contributed by atoms with E-state index >= 15 is 0 Å². The molecular weight excluding hydrogens is 230 g/mol. The van der Waals surface area contributed by atoms with Gasteiger partial charge in [-0.25, -0.2) is 13.8 Å². The van der Waals surface area contributed by atoms with Crippen LogP contribution in [0.4, 0.5) is 14.6 Å². The van der Waals surface area contributed by atoms with Gasteiger partial charge in [-0.2, -0.15) is 0 Å². The largest absolute Gasteiger partial charge is 0.384 e. The van der Waals surface area contributed by atoms with Crippen LogP contribution in [0.1, 0.15) is 0 Å². The normalized spacial score (nSPS) is 10.4. The summed E-state index contributed by atoms with van der Waals surface area (Å²) in [7, 11) is 0. The molecule has 1 aromatic carbocycles. The molecule has 0 radical (unpaired) electrons. The summed E-state index contributed by atoms with van der Waals surface area (Å²) < 4.78 is 25.6. The monoisotopic (exact) mass is 238 g/mol. The maximum absolute atomic E-state index is 12.9. The molecule has 0 unspecified atom stereocenters. The molecule has 5 heteroatoms. The summed E-state index contributed by atoms with van der Waals surface area (Å²) in [6.07, 6.45) is 0. The average Bonchev–Trinajstić information content (AvgIpc) is 2.24. The van der Waals surface area contributed by atoms with Gasteiger partial charge < -0.3 is 5.73 Å². The van der Waals surface area contributed by atoms with Crippen molar-refractivity contribution in [1.29, 1.82) is 0 Å². The Labute approximate surface area is 95.5 Å².